The summed E-state index contributed by atoms with van der Waals surface area (Å²) in [4.78, 5) is 6.04. The number of nitrogens with zero attached hydrogens (tertiary/aromatic N) is 2. The van der Waals surface area contributed by atoms with Crippen LogP contribution in [0.4, 0.5) is 0 Å². The van der Waals surface area contributed by atoms with Crippen LogP contribution in [0.1, 0.15) is 6.42 Å². The largest absolute Gasteiger partial charge is 0.383 e. The SMILES string of the molecule is CN(C)/C=C1/C=NC=CC1. The third kappa shape index (κ3) is 2.05. The zero-order valence-corrected chi connectivity index (χ0v) is 6.41. The molecule has 1 rings (SSSR count). The number of hydrogen-bond donors (Lipinski definition) is 0. The van der Waals surface area contributed by atoms with E-state index in [1.165, 1.54) is 5.57 Å². The second-order valence-electron chi connectivity index (χ2n) is 2.53. The van der Waals surface area contributed by atoms with Gasteiger partial charge >= 0.3 is 0 Å². The summed E-state index contributed by atoms with van der Waals surface area (Å²) in [6.45, 7) is 0. The minimum absolute atomic E-state index is 1.00. The molecule has 0 saturated carbocycles. The second kappa shape index (κ2) is 3.20. The van der Waals surface area contributed by atoms with Crippen molar-refractivity contribution in [2.75, 3.05) is 14.1 Å². The first-order chi connectivity index (χ1) is 4.79. The molecule has 0 atom stereocenters. The maximum absolute atomic E-state index is 4.01. The fourth-order valence-electron chi connectivity index (χ4n) is 0.859. The highest BCUT2D eigenvalue weighted by Crippen LogP contribution is 2.04. The Morgan fingerprint density at radius 3 is 2.90 bits per heavy atom. The fraction of sp³-hybridized carbons (Fsp3) is 0.375. The van der Waals surface area contributed by atoms with Crippen molar-refractivity contribution < 1.29 is 0 Å². The minimum Gasteiger partial charge on any atom is -0.383 e. The molecule has 1 heterocycles. The zero-order chi connectivity index (χ0) is 7.40. The van der Waals surface area contributed by atoms with Gasteiger partial charge in [0.2, 0.25) is 0 Å². The summed E-state index contributed by atoms with van der Waals surface area (Å²) in [5, 5.41) is 0. The van der Waals surface area contributed by atoms with Gasteiger partial charge in [-0.2, -0.15) is 0 Å². The Bertz CT molecular complexity index is 187. The molecule has 2 nitrogen and oxygen atoms in total. The van der Waals surface area contributed by atoms with Gasteiger partial charge < -0.3 is 4.90 Å². The maximum Gasteiger partial charge on any atom is 0.0317 e. The number of hydrogen-bond acceptors (Lipinski definition) is 2. The van der Waals surface area contributed by atoms with Gasteiger partial charge in [0.1, 0.15) is 0 Å². The molecular formula is C8H12N2. The van der Waals surface area contributed by atoms with Crippen molar-refractivity contribution in [3.05, 3.63) is 24.0 Å². The molecule has 0 aromatic heterocycles. The first-order valence-corrected chi connectivity index (χ1v) is 3.34. The van der Waals surface area contributed by atoms with Crippen LogP contribution in [0.2, 0.25) is 0 Å². The van der Waals surface area contributed by atoms with Gasteiger partial charge in [0, 0.05) is 32.7 Å². The second-order valence-corrected chi connectivity index (χ2v) is 2.53. The van der Waals surface area contributed by atoms with Crippen LogP contribution >= 0.6 is 0 Å². The Balaban J connectivity index is 2.58. The third-order valence-electron chi connectivity index (χ3n) is 1.21. The van der Waals surface area contributed by atoms with Crippen LogP contribution in [0, 0.1) is 0 Å². The molecule has 0 radical (unpaired) electrons. The van der Waals surface area contributed by atoms with Crippen LogP contribution in [0.25, 0.3) is 0 Å². The van der Waals surface area contributed by atoms with E-state index < -0.39 is 0 Å². The molecular weight excluding hydrogens is 124 g/mol. The van der Waals surface area contributed by atoms with Crippen LogP contribution in [-0.2, 0) is 0 Å². The lowest BCUT2D eigenvalue weighted by Crippen LogP contribution is -2.03. The molecule has 0 aromatic carbocycles. The van der Waals surface area contributed by atoms with Crippen molar-refractivity contribution in [2.24, 2.45) is 4.99 Å². The maximum atomic E-state index is 4.01. The van der Waals surface area contributed by atoms with E-state index in [4.69, 9.17) is 0 Å². The predicted octanol–water partition coefficient (Wildman–Crippen LogP) is 1.42. The standard InChI is InChI=1S/C8H12N2/c1-10(2)7-8-4-3-5-9-6-8/h3,5-7H,4H2,1-2H3/b8-7+. The molecule has 0 bridgehead atoms. The van der Waals surface area contributed by atoms with Gasteiger partial charge in [0.25, 0.3) is 0 Å². The Morgan fingerprint density at radius 2 is 2.40 bits per heavy atom. The van der Waals surface area contributed by atoms with Crippen molar-refractivity contribution in [1.29, 1.82) is 0 Å². The molecule has 0 amide bonds. The Hall–Kier alpha value is -1.05. The van der Waals surface area contributed by atoms with E-state index >= 15 is 0 Å². The topological polar surface area (TPSA) is 15.6 Å². The Labute approximate surface area is 61.6 Å². The third-order valence-corrected chi connectivity index (χ3v) is 1.21. The summed E-state index contributed by atoms with van der Waals surface area (Å²) in [7, 11) is 4.03. The molecule has 0 aromatic rings. The smallest absolute Gasteiger partial charge is 0.0317 e. The molecule has 0 spiro atoms. The number of allylic oxidation sites excluding steroid dienone is 2. The summed E-state index contributed by atoms with van der Waals surface area (Å²) in [6.07, 6.45) is 8.84. The number of rotatable bonds is 1. The van der Waals surface area contributed by atoms with Crippen LogP contribution in [0.15, 0.2) is 29.0 Å². The zero-order valence-electron chi connectivity index (χ0n) is 6.41. The quantitative estimate of drug-likeness (QED) is 0.532. The molecule has 54 valence electrons. The first-order valence-electron chi connectivity index (χ1n) is 3.34. The monoisotopic (exact) mass is 136 g/mol. The average Bonchev–Trinajstić information content (AvgIpc) is 1.88. The Morgan fingerprint density at radius 1 is 1.60 bits per heavy atom. The molecule has 0 N–H and O–H groups in total. The van der Waals surface area contributed by atoms with Gasteiger partial charge in [-0.1, -0.05) is 6.08 Å². The normalized spacial score (nSPS) is 20.0. The van der Waals surface area contributed by atoms with Crippen LogP contribution in [0.5, 0.6) is 0 Å². The van der Waals surface area contributed by atoms with Crippen molar-refractivity contribution in [3.8, 4) is 0 Å². The van der Waals surface area contributed by atoms with Gasteiger partial charge in [-0.05, 0) is 12.0 Å². The lowest BCUT2D eigenvalue weighted by atomic mass is 10.2. The minimum atomic E-state index is 1.00. The van der Waals surface area contributed by atoms with Crippen molar-refractivity contribution in [1.82, 2.24) is 4.90 Å². The molecule has 10 heavy (non-hydrogen) atoms. The van der Waals surface area contributed by atoms with Gasteiger partial charge in [0.05, 0.1) is 0 Å². The van der Waals surface area contributed by atoms with Crippen molar-refractivity contribution in [3.63, 3.8) is 0 Å². The van der Waals surface area contributed by atoms with Crippen LogP contribution in [0.3, 0.4) is 0 Å². The summed E-state index contributed by atoms with van der Waals surface area (Å²) in [6, 6.07) is 0. The van der Waals surface area contributed by atoms with E-state index in [0.29, 0.717) is 0 Å². The first kappa shape index (κ1) is 7.06. The highest BCUT2D eigenvalue weighted by Gasteiger charge is 1.93. The van der Waals surface area contributed by atoms with E-state index in [0.717, 1.165) is 6.42 Å². The molecule has 0 saturated heterocycles. The average molecular weight is 136 g/mol. The lowest BCUT2D eigenvalue weighted by Gasteiger charge is -2.07. The Kier molecular flexibility index (Phi) is 2.26. The van der Waals surface area contributed by atoms with E-state index in [9.17, 15) is 0 Å². The van der Waals surface area contributed by atoms with E-state index in [1.807, 2.05) is 31.4 Å². The lowest BCUT2D eigenvalue weighted by molar-refractivity contribution is 0.560. The van der Waals surface area contributed by atoms with Gasteiger partial charge in [0.15, 0.2) is 0 Å². The van der Waals surface area contributed by atoms with E-state index in [2.05, 4.69) is 17.3 Å². The highest BCUT2D eigenvalue weighted by atomic mass is 15.0. The van der Waals surface area contributed by atoms with Crippen molar-refractivity contribution in [2.45, 2.75) is 6.42 Å². The van der Waals surface area contributed by atoms with Gasteiger partial charge in [-0.15, -0.1) is 0 Å². The van der Waals surface area contributed by atoms with Gasteiger partial charge in [-0.3, -0.25) is 4.99 Å². The van der Waals surface area contributed by atoms with Crippen LogP contribution in [-0.4, -0.2) is 25.2 Å². The molecule has 2 heteroatoms. The molecule has 0 unspecified atom stereocenters. The van der Waals surface area contributed by atoms with E-state index in [1.54, 1.807) is 0 Å². The summed E-state index contributed by atoms with van der Waals surface area (Å²) in [5.41, 5.74) is 1.26. The fourth-order valence-corrected chi connectivity index (χ4v) is 0.859. The summed E-state index contributed by atoms with van der Waals surface area (Å²) >= 11 is 0. The van der Waals surface area contributed by atoms with Gasteiger partial charge in [-0.25, -0.2) is 0 Å². The van der Waals surface area contributed by atoms with E-state index in [-0.39, 0.29) is 0 Å². The molecule has 1 aliphatic heterocycles. The highest BCUT2D eigenvalue weighted by molar-refractivity contribution is 5.80. The van der Waals surface area contributed by atoms with Crippen LogP contribution < -0.4 is 0 Å². The molecule has 0 aliphatic carbocycles. The molecule has 0 fully saturated rings. The van der Waals surface area contributed by atoms with Crippen molar-refractivity contribution >= 4 is 6.21 Å². The predicted molar refractivity (Wildman–Crippen MR) is 44.0 cm³/mol. The molecule has 1 aliphatic rings. The number of aliphatic imine (C=N–C) groups is 1. The summed E-state index contributed by atoms with van der Waals surface area (Å²) in [5.74, 6) is 0. The summed E-state index contributed by atoms with van der Waals surface area (Å²) < 4.78 is 0.